The summed E-state index contributed by atoms with van der Waals surface area (Å²) in [5.74, 6) is 0. The highest BCUT2D eigenvalue weighted by Gasteiger charge is 2.12. The lowest BCUT2D eigenvalue weighted by Crippen LogP contribution is -2.54. The van der Waals surface area contributed by atoms with Crippen molar-refractivity contribution in [1.29, 1.82) is 0 Å². The molecule has 6 nitrogen and oxygen atoms in total. The van der Waals surface area contributed by atoms with Gasteiger partial charge in [0, 0.05) is 0 Å². The quantitative estimate of drug-likeness (QED) is 0.712. The van der Waals surface area contributed by atoms with E-state index < -0.39 is 17.1 Å². The van der Waals surface area contributed by atoms with Gasteiger partial charge >= 0.3 is 17.1 Å². The topological polar surface area (TPSA) is 66.0 Å². The lowest BCUT2D eigenvalue weighted by Gasteiger charge is -2.10. The van der Waals surface area contributed by atoms with E-state index >= 15 is 0 Å². The first-order valence-corrected chi connectivity index (χ1v) is 5.85. The minimum Gasteiger partial charge on any atom is -0.247 e. The Morgan fingerprint density at radius 1 is 0.650 bits per heavy atom. The first-order chi connectivity index (χ1) is 9.58. The molecule has 6 heteroatoms. The number of allylic oxidation sites excluding steroid dienone is 3. The highest BCUT2D eigenvalue weighted by atomic mass is 16.2. The maximum Gasteiger partial charge on any atom is 0.336 e. The number of aromatic nitrogens is 3. The molecule has 0 N–H and O–H groups in total. The van der Waals surface area contributed by atoms with Crippen molar-refractivity contribution in [2.45, 2.75) is 19.6 Å². The number of nitrogens with zero attached hydrogens (tertiary/aromatic N) is 3. The fourth-order valence-corrected chi connectivity index (χ4v) is 1.54. The van der Waals surface area contributed by atoms with Crippen LogP contribution in [0.5, 0.6) is 0 Å². The zero-order chi connectivity index (χ0) is 15.7. The fraction of sp³-hybridized carbons (Fsp3) is 0.214. The van der Waals surface area contributed by atoms with Crippen LogP contribution in [0.4, 0.5) is 0 Å². The summed E-state index contributed by atoms with van der Waals surface area (Å²) in [6.45, 7) is 16.6. The van der Waals surface area contributed by atoms with Crippen molar-refractivity contribution in [3.05, 3.63) is 82.6 Å². The van der Waals surface area contributed by atoms with Crippen molar-refractivity contribution < 1.29 is 0 Å². The van der Waals surface area contributed by atoms with Crippen molar-refractivity contribution in [3.63, 3.8) is 0 Å². The second-order valence-electron chi connectivity index (χ2n) is 3.55. The van der Waals surface area contributed by atoms with Gasteiger partial charge in [-0.1, -0.05) is 18.2 Å². The van der Waals surface area contributed by atoms with Crippen LogP contribution in [0.25, 0.3) is 0 Å². The van der Waals surface area contributed by atoms with Crippen molar-refractivity contribution in [2.24, 2.45) is 0 Å². The first-order valence-electron chi connectivity index (χ1n) is 5.85. The monoisotopic (exact) mass is 277 g/mol. The van der Waals surface area contributed by atoms with E-state index in [1.807, 2.05) is 0 Å². The molecule has 1 aromatic rings. The van der Waals surface area contributed by atoms with E-state index in [4.69, 9.17) is 0 Å². The van der Waals surface area contributed by atoms with Crippen LogP contribution in [0.2, 0.25) is 0 Å². The van der Waals surface area contributed by atoms with Crippen molar-refractivity contribution in [2.75, 3.05) is 0 Å². The van der Waals surface area contributed by atoms with Crippen molar-refractivity contribution in [3.8, 4) is 0 Å². The van der Waals surface area contributed by atoms with E-state index in [2.05, 4.69) is 32.9 Å². The standard InChI is InChI=1S/C12H15N3O3.C2H4/c1-4-7-13-10(16)14(8-5-2)12(18)15(9-6-3)11(13)17;1-2/h4-6H,1-3,7-9H2;1-2H2. The molecule has 20 heavy (non-hydrogen) atoms. The predicted octanol–water partition coefficient (Wildman–Crippen LogP) is 0.532. The van der Waals surface area contributed by atoms with Crippen LogP contribution in [0.1, 0.15) is 0 Å². The zero-order valence-electron chi connectivity index (χ0n) is 11.5. The SMILES string of the molecule is C=C.C=CCn1c(=O)n(CC=C)c(=O)n(CC=C)c1=O. The van der Waals surface area contributed by atoms with Crippen LogP contribution in [0, 0.1) is 0 Å². The summed E-state index contributed by atoms with van der Waals surface area (Å²) in [6.07, 6.45) is 4.26. The Hall–Kier alpha value is -2.63. The third-order valence-electron chi connectivity index (χ3n) is 2.32. The number of hydrogen-bond acceptors (Lipinski definition) is 3. The van der Waals surface area contributed by atoms with Crippen LogP contribution in [-0.2, 0) is 19.6 Å². The van der Waals surface area contributed by atoms with Gasteiger partial charge in [-0.05, 0) is 0 Å². The molecule has 0 unspecified atom stereocenters. The van der Waals surface area contributed by atoms with E-state index in [1.165, 1.54) is 18.2 Å². The minimum atomic E-state index is -0.662. The molecule has 0 saturated carbocycles. The van der Waals surface area contributed by atoms with Gasteiger partial charge in [-0.25, -0.2) is 28.1 Å². The van der Waals surface area contributed by atoms with Gasteiger partial charge in [-0.15, -0.1) is 32.9 Å². The average molecular weight is 277 g/mol. The first kappa shape index (κ1) is 17.4. The molecule has 0 atom stereocenters. The fourth-order valence-electron chi connectivity index (χ4n) is 1.54. The Labute approximate surface area is 116 Å². The molecular weight excluding hydrogens is 258 g/mol. The Bertz CT molecular complexity index is 541. The highest BCUT2D eigenvalue weighted by Crippen LogP contribution is 1.79. The summed E-state index contributed by atoms with van der Waals surface area (Å²) in [5.41, 5.74) is -1.99. The van der Waals surface area contributed by atoms with E-state index in [1.54, 1.807) is 0 Å². The number of rotatable bonds is 6. The van der Waals surface area contributed by atoms with Gasteiger partial charge in [0.1, 0.15) is 0 Å². The molecule has 0 saturated heterocycles. The van der Waals surface area contributed by atoms with Crippen molar-refractivity contribution >= 4 is 0 Å². The molecule has 0 amide bonds. The van der Waals surface area contributed by atoms with E-state index in [0.29, 0.717) is 0 Å². The highest BCUT2D eigenvalue weighted by molar-refractivity contribution is 4.86. The van der Waals surface area contributed by atoms with Crippen LogP contribution < -0.4 is 17.1 Å². The van der Waals surface area contributed by atoms with Crippen LogP contribution >= 0.6 is 0 Å². The Morgan fingerprint density at radius 2 is 0.850 bits per heavy atom. The van der Waals surface area contributed by atoms with Gasteiger partial charge in [0.25, 0.3) is 0 Å². The maximum atomic E-state index is 11.9. The Balaban J connectivity index is 0.00000172. The van der Waals surface area contributed by atoms with Crippen molar-refractivity contribution in [1.82, 2.24) is 13.7 Å². The third kappa shape index (κ3) is 3.44. The summed E-state index contributed by atoms with van der Waals surface area (Å²) in [6, 6.07) is 0. The molecule has 0 aliphatic rings. The molecule has 0 aromatic carbocycles. The Morgan fingerprint density at radius 3 is 1.00 bits per heavy atom. The predicted molar refractivity (Wildman–Crippen MR) is 81.1 cm³/mol. The van der Waals surface area contributed by atoms with Crippen LogP contribution in [-0.4, -0.2) is 13.7 Å². The average Bonchev–Trinajstić information content (AvgIpc) is 2.46. The van der Waals surface area contributed by atoms with E-state index in [9.17, 15) is 14.4 Å². The third-order valence-corrected chi connectivity index (χ3v) is 2.32. The normalized spacial score (nSPS) is 9.20. The lowest BCUT2D eigenvalue weighted by molar-refractivity contribution is 0.502. The number of hydrogen-bond donors (Lipinski definition) is 0. The molecule has 0 aliphatic heterocycles. The largest absolute Gasteiger partial charge is 0.336 e. The summed E-state index contributed by atoms with van der Waals surface area (Å²) in [4.78, 5) is 35.8. The van der Waals surface area contributed by atoms with E-state index in [-0.39, 0.29) is 19.6 Å². The maximum absolute atomic E-state index is 11.9. The van der Waals surface area contributed by atoms with Gasteiger partial charge in [-0.3, -0.25) is 0 Å². The minimum absolute atomic E-state index is 0.0478. The summed E-state index contributed by atoms with van der Waals surface area (Å²) in [5, 5.41) is 0. The van der Waals surface area contributed by atoms with Gasteiger partial charge in [-0.2, -0.15) is 0 Å². The molecule has 1 rings (SSSR count). The molecule has 0 fully saturated rings. The van der Waals surface area contributed by atoms with E-state index in [0.717, 1.165) is 13.7 Å². The van der Waals surface area contributed by atoms with Gasteiger partial charge < -0.3 is 0 Å². The molecular formula is C14H19N3O3. The summed E-state index contributed by atoms with van der Waals surface area (Å²) < 4.78 is 2.84. The Kier molecular flexibility index (Phi) is 7.35. The zero-order valence-corrected chi connectivity index (χ0v) is 11.5. The molecule has 108 valence electrons. The second kappa shape index (κ2) is 8.47. The lowest BCUT2D eigenvalue weighted by atomic mass is 10.5. The molecule has 0 spiro atoms. The molecule has 0 radical (unpaired) electrons. The van der Waals surface area contributed by atoms with Gasteiger partial charge in [0.15, 0.2) is 0 Å². The molecule has 0 bridgehead atoms. The molecule has 1 aromatic heterocycles. The smallest absolute Gasteiger partial charge is 0.247 e. The summed E-state index contributed by atoms with van der Waals surface area (Å²) >= 11 is 0. The van der Waals surface area contributed by atoms with Crippen LogP contribution in [0.3, 0.4) is 0 Å². The van der Waals surface area contributed by atoms with Gasteiger partial charge in [0.05, 0.1) is 19.6 Å². The molecule has 0 aliphatic carbocycles. The second-order valence-corrected chi connectivity index (χ2v) is 3.55. The summed E-state index contributed by atoms with van der Waals surface area (Å²) in [7, 11) is 0. The molecule has 1 heterocycles. The van der Waals surface area contributed by atoms with Crippen LogP contribution in [0.15, 0.2) is 65.5 Å². The van der Waals surface area contributed by atoms with Gasteiger partial charge in [0.2, 0.25) is 0 Å².